The van der Waals surface area contributed by atoms with Gasteiger partial charge >= 0.3 is 0 Å². The van der Waals surface area contributed by atoms with Gasteiger partial charge in [0, 0.05) is 48.4 Å². The summed E-state index contributed by atoms with van der Waals surface area (Å²) in [5.74, 6) is 0. The van der Waals surface area contributed by atoms with E-state index >= 15 is 0 Å². The maximum absolute atomic E-state index is 5.92. The van der Waals surface area contributed by atoms with E-state index in [9.17, 15) is 0 Å². The van der Waals surface area contributed by atoms with Crippen molar-refractivity contribution in [3.05, 3.63) is 312 Å². The summed E-state index contributed by atoms with van der Waals surface area (Å²) in [6, 6.07) is 97.6. The summed E-state index contributed by atoms with van der Waals surface area (Å²) in [5.41, 5.74) is 18.2. The van der Waals surface area contributed by atoms with Crippen LogP contribution in [-0.4, -0.2) is 47.1 Å². The number of aromatic nitrogens is 4. The molecule has 0 N–H and O–H groups in total. The second-order valence-corrected chi connectivity index (χ2v) is 26.0. The van der Waals surface area contributed by atoms with Crippen molar-refractivity contribution in [2.24, 2.45) is 0 Å². The van der Waals surface area contributed by atoms with Gasteiger partial charge in [-0.2, -0.15) is 0 Å². The predicted octanol–water partition coefficient (Wildman–Crippen LogP) is 16.0. The van der Waals surface area contributed by atoms with Crippen molar-refractivity contribution in [3.63, 3.8) is 0 Å². The standard InChI is InChI=1S/C72H54N4Si2/c1-77-69(61-43-39-49-23-15-19-35-57(49)73-61)65(53-27-7-3-8-28-53)67(55-31-11-5-12-32-55)71(77,63-45-41-51-25-17-21-37-59(51)75-63)47-48-72(64-46-42-52-26-18-22-38-60(52)76-64)68(56-33-13-6-14-34-56)66(54-29-9-4-10-30-54)70(78(72)2)62-44-40-50-24-16-20-36-58(50)74-62/h3-46H,47-48H2,1-2H3. The average molecular weight is 1030 g/mol. The highest BCUT2D eigenvalue weighted by Crippen LogP contribution is 2.57. The van der Waals surface area contributed by atoms with Crippen LogP contribution in [0.2, 0.25) is 13.1 Å². The van der Waals surface area contributed by atoms with E-state index in [0.29, 0.717) is 0 Å². The molecule has 4 nitrogen and oxygen atoms in total. The molecule has 2 aliphatic rings. The molecule has 6 heteroatoms. The van der Waals surface area contributed by atoms with Crippen LogP contribution >= 0.6 is 0 Å². The highest BCUT2D eigenvalue weighted by molar-refractivity contribution is 6.88. The Kier molecular flexibility index (Phi) is 11.9. The topological polar surface area (TPSA) is 51.6 Å². The Labute approximate surface area is 458 Å². The monoisotopic (exact) mass is 1030 g/mol. The van der Waals surface area contributed by atoms with Crippen molar-refractivity contribution in [3.8, 4) is 0 Å². The lowest BCUT2D eigenvalue weighted by Crippen LogP contribution is -2.44. The van der Waals surface area contributed by atoms with Gasteiger partial charge in [0.05, 0.1) is 44.8 Å². The lowest BCUT2D eigenvalue weighted by molar-refractivity contribution is 0.552. The molecule has 2 aliphatic heterocycles. The fraction of sp³-hybridized carbons (Fsp3) is 0.0833. The fourth-order valence-corrected chi connectivity index (χ4v) is 19.7. The third kappa shape index (κ3) is 7.77. The Hall–Kier alpha value is -8.95. The van der Waals surface area contributed by atoms with Crippen molar-refractivity contribution in [2.45, 2.75) is 36.0 Å². The molecular weight excluding hydrogens is 977 g/mol. The van der Waals surface area contributed by atoms with Gasteiger partial charge in [-0.1, -0.05) is 231 Å². The van der Waals surface area contributed by atoms with Gasteiger partial charge in [-0.05, 0) is 116 Å². The summed E-state index contributed by atoms with van der Waals surface area (Å²) in [5, 5.41) is 5.97. The van der Waals surface area contributed by atoms with Crippen LogP contribution in [0.15, 0.2) is 267 Å². The van der Waals surface area contributed by atoms with E-state index in [1.165, 1.54) is 54.9 Å². The zero-order valence-corrected chi connectivity index (χ0v) is 45.6. The molecule has 12 aromatic rings. The zero-order valence-electron chi connectivity index (χ0n) is 43.6. The first-order valence-corrected chi connectivity index (χ1v) is 31.1. The largest absolute Gasteiger partial charge is 0.252 e. The number of para-hydroxylation sites is 4. The molecule has 0 amide bonds. The molecule has 0 fully saturated rings. The number of benzene rings is 8. The van der Waals surface area contributed by atoms with Crippen molar-refractivity contribution in [2.75, 3.05) is 0 Å². The van der Waals surface area contributed by atoms with Crippen LogP contribution in [0.25, 0.3) is 65.9 Å². The van der Waals surface area contributed by atoms with Crippen LogP contribution in [0.1, 0.15) is 57.9 Å². The first kappa shape index (κ1) is 47.5. The maximum atomic E-state index is 5.92. The average Bonchev–Trinajstić information content (AvgIpc) is 3.85. The van der Waals surface area contributed by atoms with E-state index in [2.05, 4.69) is 280 Å². The fourth-order valence-electron chi connectivity index (χ4n) is 13.2. The third-order valence-electron chi connectivity index (χ3n) is 16.8. The lowest BCUT2D eigenvalue weighted by Gasteiger charge is -2.41. The predicted molar refractivity (Wildman–Crippen MR) is 330 cm³/mol. The summed E-state index contributed by atoms with van der Waals surface area (Å²) in [4.78, 5) is 23.1. The Balaban J connectivity index is 1.13. The number of nitrogens with zero attached hydrogens (tertiary/aromatic N) is 4. The summed E-state index contributed by atoms with van der Waals surface area (Å²) >= 11 is 0. The van der Waals surface area contributed by atoms with Crippen LogP contribution < -0.4 is 0 Å². The lowest BCUT2D eigenvalue weighted by atomic mass is 9.74. The Bertz CT molecular complexity index is 4170. The number of allylic oxidation sites excluding steroid dienone is 4. The second kappa shape index (κ2) is 19.6. The van der Waals surface area contributed by atoms with E-state index in [4.69, 9.17) is 19.9 Å². The molecular formula is C72H54N4Si2. The number of fused-ring (bicyclic) bond motifs is 4. The zero-order chi connectivity index (χ0) is 52.2. The Morgan fingerprint density at radius 3 is 0.910 bits per heavy atom. The molecule has 0 aliphatic carbocycles. The van der Waals surface area contributed by atoms with Crippen LogP contribution in [0, 0.1) is 0 Å². The van der Waals surface area contributed by atoms with E-state index in [-0.39, 0.29) is 0 Å². The molecule has 4 aromatic heterocycles. The summed E-state index contributed by atoms with van der Waals surface area (Å²) in [6.45, 7) is 5.14. The highest BCUT2D eigenvalue weighted by Gasteiger charge is 2.54. The van der Waals surface area contributed by atoms with Gasteiger partial charge in [-0.3, -0.25) is 9.97 Å². The minimum atomic E-state index is -1.74. The molecule has 0 radical (unpaired) electrons. The van der Waals surface area contributed by atoms with Crippen molar-refractivity contribution < 1.29 is 0 Å². The van der Waals surface area contributed by atoms with Gasteiger partial charge in [0.15, 0.2) is 0 Å². The normalized spacial score (nSPS) is 17.6. The molecule has 370 valence electrons. The molecule has 0 bridgehead atoms. The van der Waals surface area contributed by atoms with E-state index in [1.54, 1.807) is 0 Å². The molecule has 0 saturated heterocycles. The second-order valence-electron chi connectivity index (χ2n) is 20.8. The molecule has 2 unspecified atom stereocenters. The molecule has 2 atom stereocenters. The van der Waals surface area contributed by atoms with Crippen LogP contribution in [-0.2, 0) is 10.1 Å². The van der Waals surface area contributed by atoms with E-state index in [1.807, 2.05) is 0 Å². The Morgan fingerprint density at radius 2 is 0.564 bits per heavy atom. The van der Waals surface area contributed by atoms with Crippen molar-refractivity contribution in [1.82, 2.24) is 19.9 Å². The summed E-state index contributed by atoms with van der Waals surface area (Å²) in [7, 11) is -3.47. The molecule has 8 aromatic carbocycles. The first-order valence-electron chi connectivity index (χ1n) is 27.1. The van der Waals surface area contributed by atoms with Gasteiger partial charge in [-0.15, -0.1) is 0 Å². The van der Waals surface area contributed by atoms with Gasteiger partial charge in [-0.25, -0.2) is 9.97 Å². The summed E-state index contributed by atoms with van der Waals surface area (Å²) in [6.07, 6.45) is 1.54. The van der Waals surface area contributed by atoms with Crippen LogP contribution in [0.4, 0.5) is 0 Å². The van der Waals surface area contributed by atoms with Crippen molar-refractivity contribution in [1.29, 1.82) is 0 Å². The Morgan fingerprint density at radius 1 is 0.282 bits per heavy atom. The van der Waals surface area contributed by atoms with Gasteiger partial charge in [0.25, 0.3) is 0 Å². The van der Waals surface area contributed by atoms with Gasteiger partial charge in [0.2, 0.25) is 0 Å². The number of hydrogen-bond acceptors (Lipinski definition) is 4. The van der Waals surface area contributed by atoms with E-state index in [0.717, 1.165) is 79.2 Å². The molecule has 0 saturated carbocycles. The molecule has 14 rings (SSSR count). The van der Waals surface area contributed by atoms with Gasteiger partial charge < -0.3 is 0 Å². The first-order chi connectivity index (χ1) is 38.5. The smallest absolute Gasteiger partial charge is 0.0709 e. The number of hydrogen-bond donors (Lipinski definition) is 0. The van der Waals surface area contributed by atoms with Crippen LogP contribution in [0.5, 0.6) is 0 Å². The SMILES string of the molecule is C[Si]1=C(c2ccc3ccccc3n2)C(c2ccccc2)=C(c2ccccc2)C1(CCC1(c2ccc3ccccc3n2)C(c2ccccc2)=C(c2ccccc2)C(c2ccc3ccccc3n2)=[Si]1C)c1ccc2ccccc2n1. The third-order valence-corrected chi connectivity index (χ3v) is 23.4. The number of rotatable bonds is 11. The van der Waals surface area contributed by atoms with Crippen LogP contribution in [0.3, 0.4) is 0 Å². The molecule has 78 heavy (non-hydrogen) atoms. The summed E-state index contributed by atoms with van der Waals surface area (Å²) < 4.78 is 0. The molecule has 6 heterocycles. The number of pyridine rings is 4. The quantitative estimate of drug-likeness (QED) is 0.121. The van der Waals surface area contributed by atoms with Gasteiger partial charge in [0.1, 0.15) is 0 Å². The minimum absolute atomic E-state index is 0.603. The van der Waals surface area contributed by atoms with Crippen molar-refractivity contribution >= 4 is 93.1 Å². The highest BCUT2D eigenvalue weighted by atomic mass is 28.2. The molecule has 0 spiro atoms. The maximum Gasteiger partial charge on any atom is 0.0709 e. The van der Waals surface area contributed by atoms with E-state index < -0.39 is 26.9 Å². The minimum Gasteiger partial charge on any atom is -0.252 e.